The Kier molecular flexibility index (Phi) is 9.62. The maximum Gasteiger partial charge on any atom is 0.213 e. The number of carbonyl (C=O) groups excluding carboxylic acids is 1. The molecule has 1 amide bonds. The van der Waals surface area contributed by atoms with Gasteiger partial charge in [-0.05, 0) is 39.8 Å². The van der Waals surface area contributed by atoms with E-state index in [1.807, 2.05) is 26.8 Å². The van der Waals surface area contributed by atoms with Gasteiger partial charge in [0, 0.05) is 13.3 Å². The van der Waals surface area contributed by atoms with Crippen LogP contribution in [0.5, 0.6) is 0 Å². The van der Waals surface area contributed by atoms with Crippen molar-refractivity contribution < 1.29 is 9.53 Å². The van der Waals surface area contributed by atoms with Gasteiger partial charge in [0.15, 0.2) is 11.7 Å². The first-order valence-corrected chi connectivity index (χ1v) is 7.42. The zero-order valence-corrected chi connectivity index (χ0v) is 15.1. The molecular weight excluding hydrogens is 322 g/mol. The van der Waals surface area contributed by atoms with Gasteiger partial charge in [0.1, 0.15) is 6.07 Å². The zero-order chi connectivity index (χ0) is 19.5. The van der Waals surface area contributed by atoms with E-state index in [1.54, 1.807) is 26.2 Å². The number of nitriles is 1. The summed E-state index contributed by atoms with van der Waals surface area (Å²) in [5.74, 6) is 0.442. The highest BCUT2D eigenvalue weighted by Gasteiger charge is 2.06. The third kappa shape index (κ3) is 10.5. The van der Waals surface area contributed by atoms with Crippen molar-refractivity contribution in [2.45, 2.75) is 39.3 Å². The number of hydrogen-bond acceptors (Lipinski definition) is 6. The molecule has 1 aromatic heterocycles. The molecule has 0 radical (unpaired) electrons. The van der Waals surface area contributed by atoms with E-state index in [9.17, 15) is 4.79 Å². The number of aromatic nitrogens is 1. The largest absolute Gasteiger partial charge is 0.379 e. The number of pyridine rings is 1. The van der Waals surface area contributed by atoms with Crippen molar-refractivity contribution in [1.29, 1.82) is 5.26 Å². The van der Waals surface area contributed by atoms with Gasteiger partial charge in [-0.1, -0.05) is 0 Å². The summed E-state index contributed by atoms with van der Waals surface area (Å²) in [6.07, 6.45) is 1.78. The Bertz CT molecular complexity index is 638. The van der Waals surface area contributed by atoms with E-state index in [1.165, 1.54) is 6.20 Å². The predicted molar refractivity (Wildman–Crippen MR) is 97.3 cm³/mol. The number of aliphatic imine (C=N–C) groups is 2. The fourth-order valence-electron chi connectivity index (χ4n) is 1.08. The molecule has 1 atom stereocenters. The van der Waals surface area contributed by atoms with E-state index in [4.69, 9.17) is 21.5 Å². The van der Waals surface area contributed by atoms with Crippen LogP contribution in [0.4, 0.5) is 5.82 Å². The first-order chi connectivity index (χ1) is 11.6. The van der Waals surface area contributed by atoms with Gasteiger partial charge in [0.25, 0.3) is 0 Å². The first kappa shape index (κ1) is 22.2. The standard InChI is InChI=1S/C11H13N7O.C5H12O/c1-7(13)10(18-11(14)16-6-19)17-9-3-2-8(4-12)5-15-9;1-5(2,3)6-4/h2-3,5-7H,13H2,1H3,(H3,14,15,16,17,18,19);1-4H3. The highest BCUT2D eigenvalue weighted by atomic mass is 16.5. The fraction of sp³-hybridized carbons (Fsp3) is 0.438. The molecule has 1 rings (SSSR count). The van der Waals surface area contributed by atoms with Crippen LogP contribution in [0.3, 0.4) is 0 Å². The molecule has 0 fully saturated rings. The number of amides is 1. The Morgan fingerprint density at radius 1 is 1.48 bits per heavy atom. The topological polar surface area (TPSA) is 152 Å². The van der Waals surface area contributed by atoms with E-state index in [2.05, 4.69) is 20.3 Å². The van der Waals surface area contributed by atoms with Gasteiger partial charge in [-0.2, -0.15) is 10.3 Å². The van der Waals surface area contributed by atoms with E-state index < -0.39 is 6.04 Å². The lowest BCUT2D eigenvalue weighted by molar-refractivity contribution is -0.108. The van der Waals surface area contributed by atoms with Gasteiger partial charge < -0.3 is 16.2 Å². The van der Waals surface area contributed by atoms with Crippen LogP contribution in [0.2, 0.25) is 0 Å². The lowest BCUT2D eigenvalue weighted by atomic mass is 10.2. The maximum absolute atomic E-state index is 10.2. The van der Waals surface area contributed by atoms with E-state index in [-0.39, 0.29) is 17.4 Å². The highest BCUT2D eigenvalue weighted by molar-refractivity contribution is 6.01. The van der Waals surface area contributed by atoms with Crippen molar-refractivity contribution in [3.05, 3.63) is 23.9 Å². The monoisotopic (exact) mass is 347 g/mol. The van der Waals surface area contributed by atoms with Crippen molar-refractivity contribution in [2.24, 2.45) is 21.5 Å². The molecule has 0 saturated heterocycles. The molecular formula is C16H25N7O2. The molecule has 136 valence electrons. The molecule has 25 heavy (non-hydrogen) atoms. The van der Waals surface area contributed by atoms with Crippen molar-refractivity contribution in [3.63, 3.8) is 0 Å². The minimum Gasteiger partial charge on any atom is -0.379 e. The van der Waals surface area contributed by atoms with Gasteiger partial charge >= 0.3 is 0 Å². The van der Waals surface area contributed by atoms with Crippen LogP contribution in [-0.2, 0) is 9.53 Å². The molecule has 0 spiro atoms. The summed E-state index contributed by atoms with van der Waals surface area (Å²) in [4.78, 5) is 22.1. The second-order valence-electron chi connectivity index (χ2n) is 5.85. The quantitative estimate of drug-likeness (QED) is 0.418. The molecule has 0 aliphatic rings. The van der Waals surface area contributed by atoms with Crippen LogP contribution in [0, 0.1) is 11.3 Å². The molecule has 9 nitrogen and oxygen atoms in total. The molecule has 0 aromatic carbocycles. The van der Waals surface area contributed by atoms with Crippen LogP contribution in [-0.4, -0.2) is 41.9 Å². The lowest BCUT2D eigenvalue weighted by Gasteiger charge is -2.14. The lowest BCUT2D eigenvalue weighted by Crippen LogP contribution is -2.34. The Labute approximate surface area is 147 Å². The molecule has 1 heterocycles. The predicted octanol–water partition coefficient (Wildman–Crippen LogP) is 0.822. The average molecular weight is 347 g/mol. The van der Waals surface area contributed by atoms with Gasteiger partial charge in [-0.3, -0.25) is 10.1 Å². The summed E-state index contributed by atoms with van der Waals surface area (Å²) in [5, 5.41) is 10.8. The normalized spacial score (nSPS) is 13.2. The summed E-state index contributed by atoms with van der Waals surface area (Å²) in [6, 6.07) is 4.58. The number of amidine groups is 1. The zero-order valence-electron chi connectivity index (χ0n) is 15.1. The number of nitrogens with one attached hydrogen (secondary N) is 1. The second-order valence-corrected chi connectivity index (χ2v) is 5.85. The molecule has 9 heteroatoms. The molecule has 5 N–H and O–H groups in total. The van der Waals surface area contributed by atoms with Crippen LogP contribution < -0.4 is 16.8 Å². The number of ether oxygens (including phenoxy) is 1. The van der Waals surface area contributed by atoms with Gasteiger partial charge in [-0.25, -0.2) is 9.98 Å². The van der Waals surface area contributed by atoms with Crippen LogP contribution in [0.25, 0.3) is 0 Å². The summed E-state index contributed by atoms with van der Waals surface area (Å²) in [7, 11) is 1.71. The second kappa shape index (κ2) is 10.9. The van der Waals surface area contributed by atoms with E-state index >= 15 is 0 Å². The molecule has 0 aliphatic heterocycles. The number of nitrogens with two attached hydrogens (primary N) is 2. The van der Waals surface area contributed by atoms with E-state index in [0.717, 1.165) is 0 Å². The number of nitrogens with zero attached hydrogens (tertiary/aromatic N) is 4. The van der Waals surface area contributed by atoms with Crippen molar-refractivity contribution in [1.82, 2.24) is 10.3 Å². The third-order valence-corrected chi connectivity index (χ3v) is 2.57. The Hall–Kier alpha value is -2.83. The highest BCUT2D eigenvalue weighted by Crippen LogP contribution is 2.09. The first-order valence-electron chi connectivity index (χ1n) is 7.42. The van der Waals surface area contributed by atoms with Crippen molar-refractivity contribution in [2.75, 3.05) is 7.11 Å². The summed E-state index contributed by atoms with van der Waals surface area (Å²) in [6.45, 7) is 7.73. The van der Waals surface area contributed by atoms with Crippen LogP contribution in [0.15, 0.2) is 28.3 Å². The molecule has 0 saturated carbocycles. The number of hydrogen-bond donors (Lipinski definition) is 3. The van der Waals surface area contributed by atoms with Gasteiger partial charge in [0.05, 0.1) is 17.2 Å². The minimum atomic E-state index is -0.496. The Morgan fingerprint density at radius 2 is 2.08 bits per heavy atom. The smallest absolute Gasteiger partial charge is 0.213 e. The van der Waals surface area contributed by atoms with Gasteiger partial charge in [0.2, 0.25) is 12.4 Å². The SMILES string of the molecule is CC(N)C(N=C(N)NC=O)=Nc1ccc(C#N)cn1.COC(C)(C)C. The van der Waals surface area contributed by atoms with Gasteiger partial charge in [-0.15, -0.1) is 0 Å². The number of rotatable bonds is 3. The summed E-state index contributed by atoms with van der Waals surface area (Å²) in [5.41, 5.74) is 11.6. The average Bonchev–Trinajstić information content (AvgIpc) is 2.55. The van der Waals surface area contributed by atoms with Crippen molar-refractivity contribution in [3.8, 4) is 6.07 Å². The molecule has 0 aliphatic carbocycles. The molecule has 1 aromatic rings. The minimum absolute atomic E-state index is 0.0417. The third-order valence-electron chi connectivity index (χ3n) is 2.57. The molecule has 0 bridgehead atoms. The number of carbonyl (C=O) groups is 1. The van der Waals surface area contributed by atoms with Crippen LogP contribution >= 0.6 is 0 Å². The Balaban J connectivity index is 0.000000823. The summed E-state index contributed by atoms with van der Waals surface area (Å²) < 4.78 is 4.94. The number of guanidine groups is 1. The molecule has 1 unspecified atom stereocenters. The number of methoxy groups -OCH3 is 1. The maximum atomic E-state index is 10.2. The fourth-order valence-corrected chi connectivity index (χ4v) is 1.08. The summed E-state index contributed by atoms with van der Waals surface area (Å²) >= 11 is 0. The van der Waals surface area contributed by atoms with E-state index in [0.29, 0.717) is 17.8 Å². The Morgan fingerprint density at radius 3 is 2.44 bits per heavy atom. The van der Waals surface area contributed by atoms with Crippen molar-refractivity contribution >= 4 is 24.0 Å². The van der Waals surface area contributed by atoms with Crippen LogP contribution in [0.1, 0.15) is 33.3 Å².